The van der Waals surface area contributed by atoms with Crippen molar-refractivity contribution in [2.24, 2.45) is 5.11 Å². The van der Waals surface area contributed by atoms with Crippen molar-refractivity contribution in [3.63, 3.8) is 0 Å². The lowest BCUT2D eigenvalue weighted by Gasteiger charge is -2.13. The molecule has 4 aromatic rings. The van der Waals surface area contributed by atoms with Crippen LogP contribution in [0, 0.1) is 5.53 Å². The highest BCUT2D eigenvalue weighted by molar-refractivity contribution is 9.10. The van der Waals surface area contributed by atoms with Crippen molar-refractivity contribution in [3.8, 4) is 22.8 Å². The van der Waals surface area contributed by atoms with Crippen molar-refractivity contribution < 1.29 is 9.47 Å². The van der Waals surface area contributed by atoms with E-state index in [2.05, 4.69) is 86.7 Å². The van der Waals surface area contributed by atoms with Gasteiger partial charge in [-0.25, -0.2) is 5.53 Å². The van der Waals surface area contributed by atoms with Gasteiger partial charge in [-0.1, -0.05) is 35.5 Å². The first-order valence-electron chi connectivity index (χ1n) is 15.2. The average molecular weight is 755 g/mol. The van der Waals surface area contributed by atoms with Crippen molar-refractivity contribution in [3.05, 3.63) is 98.7 Å². The number of aromatic nitrogens is 3. The second-order valence-electron chi connectivity index (χ2n) is 11.4. The fourth-order valence-corrected chi connectivity index (χ4v) is 5.58. The summed E-state index contributed by atoms with van der Waals surface area (Å²) < 4.78 is 15.5. The van der Waals surface area contributed by atoms with Crippen LogP contribution in [0.3, 0.4) is 0 Å². The molecule has 2 N–H and O–H groups in total. The minimum Gasteiger partial charge on any atom is -0.491 e. The molecule has 0 spiro atoms. The molecule has 0 amide bonds. The normalized spacial score (nSPS) is 11.7. The maximum absolute atomic E-state index is 7.77. The standard InChI is InChI=1S/C34H42Br2N8O2/c1-42(2)16-18-45-33-10-8-25(20-29(33)35)12-14-38-23-31(39-37)27-6-5-7-28(22-27)32-24-44(41-40-32)15-13-26-9-11-34(30(36)21-26)46-19-17-43(3)4/h5-11,20-24,37-38H,12-19H2,1-4H3/b31-23-,39-37?. The number of hydrogen-bond acceptors (Lipinski definition) is 9. The Hall–Kier alpha value is -3.58. The van der Waals surface area contributed by atoms with Crippen LogP contribution in [-0.2, 0) is 19.4 Å². The Bertz CT molecular complexity index is 1610. The van der Waals surface area contributed by atoms with Gasteiger partial charge in [0.2, 0.25) is 0 Å². The molecule has 0 aliphatic carbocycles. The van der Waals surface area contributed by atoms with Gasteiger partial charge in [-0.05, 0) is 114 Å². The molecule has 0 unspecified atom stereocenters. The van der Waals surface area contributed by atoms with Gasteiger partial charge in [0.1, 0.15) is 36.1 Å². The Kier molecular flexibility index (Phi) is 13.8. The molecule has 1 heterocycles. The lowest BCUT2D eigenvalue weighted by Crippen LogP contribution is -2.19. The maximum atomic E-state index is 7.77. The summed E-state index contributed by atoms with van der Waals surface area (Å²) >= 11 is 7.26. The summed E-state index contributed by atoms with van der Waals surface area (Å²) in [6.45, 7) is 4.39. The molecule has 0 saturated heterocycles. The number of ether oxygens (including phenoxy) is 2. The van der Waals surface area contributed by atoms with Gasteiger partial charge in [-0.2, -0.15) is 5.11 Å². The third-order valence-electron chi connectivity index (χ3n) is 7.12. The lowest BCUT2D eigenvalue weighted by atomic mass is 10.1. The zero-order valence-corrected chi connectivity index (χ0v) is 30.0. The van der Waals surface area contributed by atoms with Crippen LogP contribution in [0.15, 0.2) is 87.1 Å². The number of likely N-dealkylation sites (N-methyl/N-ethyl adjacent to an activating group) is 2. The van der Waals surface area contributed by atoms with Gasteiger partial charge in [0.15, 0.2) is 0 Å². The quantitative estimate of drug-likeness (QED) is 0.0856. The van der Waals surface area contributed by atoms with Crippen LogP contribution in [0.4, 0.5) is 0 Å². The Balaban J connectivity index is 1.30. The van der Waals surface area contributed by atoms with Gasteiger partial charge in [-0.15, -0.1) is 5.10 Å². The van der Waals surface area contributed by atoms with Gasteiger partial charge in [0, 0.05) is 43.5 Å². The molecule has 0 bridgehead atoms. The van der Waals surface area contributed by atoms with Crippen molar-refractivity contribution in [2.45, 2.75) is 19.4 Å². The van der Waals surface area contributed by atoms with Crippen LogP contribution in [0.1, 0.15) is 16.7 Å². The predicted octanol–water partition coefficient (Wildman–Crippen LogP) is 6.76. The summed E-state index contributed by atoms with van der Waals surface area (Å²) in [6, 6.07) is 20.2. The average Bonchev–Trinajstić information content (AvgIpc) is 3.51. The SMILES string of the molecule is CN(C)CCOc1ccc(CCN/C=C(\N=N)c2cccc(-c3cn(CCc4ccc(OCCN(C)C)c(Br)c4)nn3)c2)cc1Br. The maximum Gasteiger partial charge on any atom is 0.133 e. The zero-order valence-electron chi connectivity index (χ0n) is 26.8. The van der Waals surface area contributed by atoms with E-state index in [1.807, 2.05) is 75.5 Å². The highest BCUT2D eigenvalue weighted by atomic mass is 79.9. The Morgan fingerprint density at radius 1 is 0.891 bits per heavy atom. The molecule has 0 saturated carbocycles. The molecule has 12 heteroatoms. The predicted molar refractivity (Wildman–Crippen MR) is 190 cm³/mol. The number of nitrogens with zero attached hydrogens (tertiary/aromatic N) is 6. The zero-order chi connectivity index (χ0) is 32.9. The molecule has 0 atom stereocenters. The minimum absolute atomic E-state index is 0.541. The number of hydrogen-bond donors (Lipinski definition) is 2. The monoisotopic (exact) mass is 752 g/mol. The van der Waals surface area contributed by atoms with E-state index in [9.17, 15) is 0 Å². The largest absolute Gasteiger partial charge is 0.491 e. The summed E-state index contributed by atoms with van der Waals surface area (Å²) in [5, 5.41) is 15.8. The molecule has 0 fully saturated rings. The molecule has 0 aliphatic rings. The minimum atomic E-state index is 0.541. The van der Waals surface area contributed by atoms with E-state index in [0.717, 1.165) is 63.2 Å². The fraction of sp³-hybridized carbons (Fsp3) is 0.353. The van der Waals surface area contributed by atoms with Gasteiger partial charge in [0.25, 0.3) is 0 Å². The van der Waals surface area contributed by atoms with Crippen LogP contribution in [0.5, 0.6) is 11.5 Å². The van der Waals surface area contributed by atoms with Crippen LogP contribution >= 0.6 is 31.9 Å². The van der Waals surface area contributed by atoms with Gasteiger partial charge in [0.05, 0.1) is 15.1 Å². The molecular formula is C34H42Br2N8O2. The van der Waals surface area contributed by atoms with E-state index in [-0.39, 0.29) is 0 Å². The van der Waals surface area contributed by atoms with Crippen molar-refractivity contribution in [1.82, 2.24) is 30.1 Å². The summed E-state index contributed by atoms with van der Waals surface area (Å²) in [4.78, 5) is 4.18. The molecule has 3 aromatic carbocycles. The van der Waals surface area contributed by atoms with Crippen molar-refractivity contribution >= 4 is 37.6 Å². The highest BCUT2D eigenvalue weighted by Crippen LogP contribution is 2.28. The summed E-state index contributed by atoms with van der Waals surface area (Å²) in [5.74, 6) is 1.69. The van der Waals surface area contributed by atoms with E-state index in [0.29, 0.717) is 32.0 Å². The molecule has 4 rings (SSSR count). The molecular weight excluding hydrogens is 712 g/mol. The second-order valence-corrected chi connectivity index (χ2v) is 13.1. The number of halogens is 2. The fourth-order valence-electron chi connectivity index (χ4n) is 4.50. The van der Waals surface area contributed by atoms with E-state index in [1.54, 1.807) is 6.20 Å². The van der Waals surface area contributed by atoms with Crippen molar-refractivity contribution in [2.75, 3.05) is 61.0 Å². The first kappa shape index (κ1) is 35.3. The molecule has 0 aliphatic heterocycles. The Labute approximate surface area is 288 Å². The summed E-state index contributed by atoms with van der Waals surface area (Å²) in [7, 11) is 8.11. The van der Waals surface area contributed by atoms with Crippen LogP contribution < -0.4 is 14.8 Å². The summed E-state index contributed by atoms with van der Waals surface area (Å²) in [6.07, 6.45) is 5.35. The van der Waals surface area contributed by atoms with Crippen LogP contribution in [0.2, 0.25) is 0 Å². The van der Waals surface area contributed by atoms with E-state index >= 15 is 0 Å². The number of nitrogens with one attached hydrogen (secondary N) is 2. The van der Waals surface area contributed by atoms with Gasteiger partial charge < -0.3 is 24.6 Å². The molecule has 244 valence electrons. The number of aryl methyl sites for hydroxylation is 2. The number of rotatable bonds is 18. The first-order valence-corrected chi connectivity index (χ1v) is 16.7. The smallest absolute Gasteiger partial charge is 0.133 e. The van der Waals surface area contributed by atoms with Gasteiger partial charge in [-0.3, -0.25) is 4.68 Å². The molecule has 0 radical (unpaired) electrons. The second kappa shape index (κ2) is 17.9. The van der Waals surface area contributed by atoms with Gasteiger partial charge >= 0.3 is 0 Å². The molecule has 46 heavy (non-hydrogen) atoms. The number of benzene rings is 3. The van der Waals surface area contributed by atoms with Crippen LogP contribution in [-0.4, -0.2) is 85.8 Å². The molecule has 10 nitrogen and oxygen atoms in total. The third-order valence-corrected chi connectivity index (χ3v) is 8.36. The van der Waals surface area contributed by atoms with E-state index in [1.165, 1.54) is 11.1 Å². The van der Waals surface area contributed by atoms with E-state index < -0.39 is 0 Å². The first-order chi connectivity index (χ1) is 22.2. The van der Waals surface area contributed by atoms with E-state index in [4.69, 9.17) is 15.0 Å². The Morgan fingerprint density at radius 3 is 2.11 bits per heavy atom. The topological polar surface area (TPSA) is 104 Å². The third kappa shape index (κ3) is 11.0. The van der Waals surface area contributed by atoms with Crippen LogP contribution in [0.25, 0.3) is 17.0 Å². The Morgan fingerprint density at radius 2 is 1.52 bits per heavy atom. The van der Waals surface area contributed by atoms with Crippen molar-refractivity contribution in [1.29, 1.82) is 5.53 Å². The molecule has 1 aromatic heterocycles. The highest BCUT2D eigenvalue weighted by Gasteiger charge is 2.09. The lowest BCUT2D eigenvalue weighted by molar-refractivity contribution is 0.260. The summed E-state index contributed by atoms with van der Waals surface area (Å²) in [5.41, 5.74) is 13.2.